The Balaban J connectivity index is 1.33. The van der Waals surface area contributed by atoms with Gasteiger partial charge in [0.2, 0.25) is 5.91 Å². The normalized spacial score (nSPS) is 24.0. The molecule has 29 heavy (non-hydrogen) atoms. The van der Waals surface area contributed by atoms with Gasteiger partial charge in [-0.05, 0) is 43.9 Å². The van der Waals surface area contributed by atoms with Crippen molar-refractivity contribution in [1.82, 2.24) is 19.8 Å². The Labute approximate surface area is 172 Å². The SMILES string of the molecule is CN1CCCC(N2CCN(c3ccc4ncnc(N5CCCC5)c4c3)CC2)C1=O. The highest BCUT2D eigenvalue weighted by molar-refractivity contribution is 5.92. The number of anilines is 2. The number of carbonyl (C=O) groups is 1. The molecule has 1 atom stereocenters. The van der Waals surface area contributed by atoms with Crippen LogP contribution >= 0.6 is 0 Å². The zero-order chi connectivity index (χ0) is 19.8. The van der Waals surface area contributed by atoms with Crippen LogP contribution in [0.5, 0.6) is 0 Å². The Bertz CT molecular complexity index is 888. The van der Waals surface area contributed by atoms with Crippen molar-refractivity contribution in [2.75, 3.05) is 62.7 Å². The molecule has 0 spiro atoms. The second-order valence-electron chi connectivity index (χ2n) is 8.53. The molecule has 7 nitrogen and oxygen atoms in total. The number of benzene rings is 1. The molecule has 1 unspecified atom stereocenters. The highest BCUT2D eigenvalue weighted by Gasteiger charge is 2.33. The van der Waals surface area contributed by atoms with Crippen molar-refractivity contribution in [3.8, 4) is 0 Å². The van der Waals surface area contributed by atoms with Crippen LogP contribution in [0.2, 0.25) is 0 Å². The summed E-state index contributed by atoms with van der Waals surface area (Å²) >= 11 is 0. The van der Waals surface area contributed by atoms with Crippen LogP contribution in [0.1, 0.15) is 25.7 Å². The maximum Gasteiger partial charge on any atom is 0.239 e. The summed E-state index contributed by atoms with van der Waals surface area (Å²) in [4.78, 5) is 30.7. The number of rotatable bonds is 3. The maximum absolute atomic E-state index is 12.5. The largest absolute Gasteiger partial charge is 0.369 e. The van der Waals surface area contributed by atoms with Gasteiger partial charge < -0.3 is 14.7 Å². The quantitative estimate of drug-likeness (QED) is 0.793. The fourth-order valence-corrected chi connectivity index (χ4v) is 5.05. The molecule has 4 heterocycles. The van der Waals surface area contributed by atoms with Crippen LogP contribution in [0.15, 0.2) is 24.5 Å². The zero-order valence-electron chi connectivity index (χ0n) is 17.3. The predicted molar refractivity (Wildman–Crippen MR) is 115 cm³/mol. The van der Waals surface area contributed by atoms with E-state index in [2.05, 4.69) is 42.9 Å². The van der Waals surface area contributed by atoms with Gasteiger partial charge in [0.15, 0.2) is 0 Å². The minimum atomic E-state index is 0.0719. The Hall–Kier alpha value is -2.41. The van der Waals surface area contributed by atoms with Crippen molar-refractivity contribution in [3.05, 3.63) is 24.5 Å². The number of carbonyl (C=O) groups excluding carboxylic acids is 1. The highest BCUT2D eigenvalue weighted by Crippen LogP contribution is 2.30. The lowest BCUT2D eigenvalue weighted by atomic mass is 10.0. The number of fused-ring (bicyclic) bond motifs is 1. The molecular weight excluding hydrogens is 364 g/mol. The predicted octanol–water partition coefficient (Wildman–Crippen LogP) is 1.97. The fraction of sp³-hybridized carbons (Fsp3) is 0.591. The standard InChI is InChI=1S/C22H30N6O/c1-25-8-4-5-20(22(25)29)27-13-11-26(12-14-27)17-6-7-19-18(15-17)21(24-16-23-19)28-9-2-3-10-28/h6-7,15-16,20H,2-5,8-14H2,1H3. The summed E-state index contributed by atoms with van der Waals surface area (Å²) < 4.78 is 0. The van der Waals surface area contributed by atoms with Gasteiger partial charge in [0.1, 0.15) is 12.1 Å². The van der Waals surface area contributed by atoms with Crippen molar-refractivity contribution in [1.29, 1.82) is 0 Å². The average molecular weight is 395 g/mol. The summed E-state index contributed by atoms with van der Waals surface area (Å²) in [6.07, 6.45) is 6.27. The third-order valence-electron chi connectivity index (χ3n) is 6.76. The lowest BCUT2D eigenvalue weighted by Crippen LogP contribution is -2.57. The lowest BCUT2D eigenvalue weighted by molar-refractivity contribution is -0.138. The third kappa shape index (κ3) is 3.52. The van der Waals surface area contributed by atoms with Crippen molar-refractivity contribution < 1.29 is 4.79 Å². The van der Waals surface area contributed by atoms with Crippen LogP contribution < -0.4 is 9.80 Å². The number of piperazine rings is 1. The smallest absolute Gasteiger partial charge is 0.239 e. The summed E-state index contributed by atoms with van der Waals surface area (Å²) in [5.74, 6) is 1.37. The number of hydrogen-bond acceptors (Lipinski definition) is 6. The van der Waals surface area contributed by atoms with E-state index in [1.807, 2.05) is 11.9 Å². The first-order valence-corrected chi connectivity index (χ1v) is 10.9. The van der Waals surface area contributed by atoms with Crippen molar-refractivity contribution in [2.45, 2.75) is 31.7 Å². The third-order valence-corrected chi connectivity index (χ3v) is 6.76. The number of nitrogens with zero attached hydrogens (tertiary/aromatic N) is 6. The monoisotopic (exact) mass is 394 g/mol. The maximum atomic E-state index is 12.5. The van der Waals surface area contributed by atoms with Gasteiger partial charge in [-0.3, -0.25) is 9.69 Å². The molecule has 7 heteroatoms. The molecule has 0 saturated carbocycles. The molecule has 1 aromatic heterocycles. The number of piperidine rings is 1. The number of amides is 1. The van der Waals surface area contributed by atoms with Gasteiger partial charge in [0.25, 0.3) is 0 Å². The molecule has 1 aromatic carbocycles. The van der Waals surface area contributed by atoms with E-state index in [-0.39, 0.29) is 6.04 Å². The van der Waals surface area contributed by atoms with Crippen molar-refractivity contribution in [3.63, 3.8) is 0 Å². The molecule has 5 rings (SSSR count). The molecule has 3 fully saturated rings. The summed E-state index contributed by atoms with van der Waals surface area (Å²) in [5, 5.41) is 1.15. The van der Waals surface area contributed by atoms with E-state index < -0.39 is 0 Å². The van der Waals surface area contributed by atoms with E-state index in [0.29, 0.717) is 5.91 Å². The molecule has 0 radical (unpaired) electrons. The summed E-state index contributed by atoms with van der Waals surface area (Å²) in [7, 11) is 1.93. The van der Waals surface area contributed by atoms with E-state index in [4.69, 9.17) is 0 Å². The summed E-state index contributed by atoms with van der Waals surface area (Å²) in [6.45, 7) is 6.84. The first-order valence-electron chi connectivity index (χ1n) is 10.9. The van der Waals surface area contributed by atoms with Gasteiger partial charge in [-0.25, -0.2) is 9.97 Å². The van der Waals surface area contributed by atoms with Crippen LogP contribution in [0.25, 0.3) is 10.9 Å². The fourth-order valence-electron chi connectivity index (χ4n) is 5.05. The van der Waals surface area contributed by atoms with Gasteiger partial charge in [-0.15, -0.1) is 0 Å². The lowest BCUT2D eigenvalue weighted by Gasteiger charge is -2.42. The molecule has 3 aliphatic heterocycles. The van der Waals surface area contributed by atoms with E-state index in [0.717, 1.165) is 75.4 Å². The minimum Gasteiger partial charge on any atom is -0.369 e. The van der Waals surface area contributed by atoms with Crippen molar-refractivity contribution >= 4 is 28.3 Å². The first kappa shape index (κ1) is 18.6. The van der Waals surface area contributed by atoms with E-state index in [9.17, 15) is 4.79 Å². The molecule has 1 amide bonds. The van der Waals surface area contributed by atoms with Crippen LogP contribution in [0, 0.1) is 0 Å². The molecule has 154 valence electrons. The molecule has 0 bridgehead atoms. The number of likely N-dealkylation sites (tertiary alicyclic amines) is 1. The number of likely N-dealkylation sites (N-methyl/N-ethyl adjacent to an activating group) is 1. The summed E-state index contributed by atoms with van der Waals surface area (Å²) in [6, 6.07) is 6.64. The highest BCUT2D eigenvalue weighted by atomic mass is 16.2. The van der Waals surface area contributed by atoms with Gasteiger partial charge in [0.05, 0.1) is 11.6 Å². The Morgan fingerprint density at radius 3 is 2.48 bits per heavy atom. The van der Waals surface area contributed by atoms with Crippen LogP contribution in [0.3, 0.4) is 0 Å². The van der Waals surface area contributed by atoms with Crippen LogP contribution in [-0.2, 0) is 4.79 Å². The molecule has 2 aromatic rings. The Kier molecular flexibility index (Phi) is 4.99. The van der Waals surface area contributed by atoms with E-state index in [1.165, 1.54) is 18.5 Å². The number of aromatic nitrogens is 2. The number of hydrogen-bond donors (Lipinski definition) is 0. The first-order chi connectivity index (χ1) is 14.2. The second kappa shape index (κ2) is 7.78. The Morgan fingerprint density at radius 2 is 1.69 bits per heavy atom. The minimum absolute atomic E-state index is 0.0719. The molecule has 3 saturated heterocycles. The van der Waals surface area contributed by atoms with Crippen LogP contribution in [0.4, 0.5) is 11.5 Å². The molecule has 0 aliphatic carbocycles. The summed E-state index contributed by atoms with van der Waals surface area (Å²) in [5.41, 5.74) is 2.25. The molecule has 3 aliphatic rings. The van der Waals surface area contributed by atoms with Gasteiger partial charge in [-0.2, -0.15) is 0 Å². The Morgan fingerprint density at radius 1 is 0.897 bits per heavy atom. The topological polar surface area (TPSA) is 55.8 Å². The van der Waals surface area contributed by atoms with Gasteiger partial charge >= 0.3 is 0 Å². The van der Waals surface area contributed by atoms with E-state index >= 15 is 0 Å². The van der Waals surface area contributed by atoms with Crippen LogP contribution in [-0.4, -0.2) is 84.6 Å². The van der Waals surface area contributed by atoms with Gasteiger partial charge in [0, 0.05) is 63.9 Å². The molecular formula is C22H30N6O. The van der Waals surface area contributed by atoms with Gasteiger partial charge in [-0.1, -0.05) is 0 Å². The van der Waals surface area contributed by atoms with E-state index in [1.54, 1.807) is 6.33 Å². The average Bonchev–Trinajstić information content (AvgIpc) is 3.30. The molecule has 0 N–H and O–H groups in total. The van der Waals surface area contributed by atoms with Crippen molar-refractivity contribution in [2.24, 2.45) is 0 Å². The zero-order valence-corrected chi connectivity index (χ0v) is 17.3. The second-order valence-corrected chi connectivity index (χ2v) is 8.53.